The zero-order chi connectivity index (χ0) is 17.3. The van der Waals surface area contributed by atoms with Gasteiger partial charge in [0.2, 0.25) is 0 Å². The van der Waals surface area contributed by atoms with Crippen molar-refractivity contribution in [2.24, 2.45) is 0 Å². The predicted molar refractivity (Wildman–Crippen MR) is 87.9 cm³/mol. The molecule has 1 aromatic heterocycles. The number of rotatable bonds is 4. The van der Waals surface area contributed by atoms with Crippen LogP contribution in [0.25, 0.3) is 10.8 Å². The molecule has 126 valence electrons. The van der Waals surface area contributed by atoms with E-state index in [1.807, 2.05) is 25.2 Å². The van der Waals surface area contributed by atoms with Gasteiger partial charge < -0.3 is 10.3 Å². The molecule has 0 saturated heterocycles. The molecule has 0 amide bonds. The van der Waals surface area contributed by atoms with Crippen LogP contribution < -0.4 is 5.32 Å². The van der Waals surface area contributed by atoms with Crippen LogP contribution in [0.15, 0.2) is 42.7 Å². The second-order valence-electron chi connectivity index (χ2n) is 5.82. The fraction of sp³-hybridized carbons (Fsp3) is 0.278. The van der Waals surface area contributed by atoms with Crippen LogP contribution in [0.1, 0.15) is 28.4 Å². The van der Waals surface area contributed by atoms with Gasteiger partial charge in [-0.2, -0.15) is 13.2 Å². The van der Waals surface area contributed by atoms with Gasteiger partial charge in [-0.1, -0.05) is 30.3 Å². The zero-order valence-corrected chi connectivity index (χ0v) is 13.4. The normalized spacial score (nSPS) is 13.4. The Labute approximate surface area is 137 Å². The highest BCUT2D eigenvalue weighted by Gasteiger charge is 2.44. The van der Waals surface area contributed by atoms with Crippen molar-refractivity contribution >= 4 is 10.8 Å². The number of hydrogen-bond acceptors (Lipinski definition) is 2. The molecule has 0 fully saturated rings. The number of imidazole rings is 1. The molecule has 0 aliphatic rings. The Morgan fingerprint density at radius 1 is 1.21 bits per heavy atom. The molecule has 1 unspecified atom stereocenters. The average molecular weight is 333 g/mol. The molecule has 3 rings (SSSR count). The van der Waals surface area contributed by atoms with E-state index < -0.39 is 12.1 Å². The summed E-state index contributed by atoms with van der Waals surface area (Å²) in [4.78, 5) is 6.65. The number of alkyl halides is 3. The highest BCUT2D eigenvalue weighted by molar-refractivity contribution is 5.86. The van der Waals surface area contributed by atoms with Gasteiger partial charge in [0, 0.05) is 12.2 Å². The van der Waals surface area contributed by atoms with Crippen molar-refractivity contribution < 1.29 is 13.2 Å². The monoisotopic (exact) mass is 333 g/mol. The summed E-state index contributed by atoms with van der Waals surface area (Å²) in [5.41, 5.74) is 1.62. The summed E-state index contributed by atoms with van der Waals surface area (Å²) in [6, 6.07) is 10.6. The lowest BCUT2D eigenvalue weighted by molar-refractivity contribution is -0.141. The summed E-state index contributed by atoms with van der Waals surface area (Å²) in [6.45, 7) is 2.20. The van der Waals surface area contributed by atoms with E-state index in [9.17, 15) is 13.2 Å². The highest BCUT2D eigenvalue weighted by Crippen LogP contribution is 2.41. The molecule has 0 aliphatic heterocycles. The van der Waals surface area contributed by atoms with Gasteiger partial charge in [0.05, 0.1) is 12.0 Å². The molecule has 2 aromatic carbocycles. The Morgan fingerprint density at radius 3 is 2.62 bits per heavy atom. The van der Waals surface area contributed by atoms with Crippen LogP contribution in [0.4, 0.5) is 13.2 Å². The van der Waals surface area contributed by atoms with Crippen LogP contribution in [0, 0.1) is 6.92 Å². The Balaban J connectivity index is 2.18. The number of H-pyrrole nitrogens is 1. The SMILES string of the molecule is CNCc1cccc2ccc(C(c3nc[nH]c3C)C(F)(F)F)cc12. The maximum atomic E-state index is 13.7. The van der Waals surface area contributed by atoms with Gasteiger partial charge in [-0.05, 0) is 41.9 Å². The minimum Gasteiger partial charge on any atom is -0.348 e. The van der Waals surface area contributed by atoms with E-state index in [0.717, 1.165) is 16.3 Å². The molecule has 1 heterocycles. The topological polar surface area (TPSA) is 40.7 Å². The summed E-state index contributed by atoms with van der Waals surface area (Å²) >= 11 is 0. The van der Waals surface area contributed by atoms with Crippen LogP contribution in [0.3, 0.4) is 0 Å². The number of aryl methyl sites for hydroxylation is 1. The number of nitrogens with one attached hydrogen (secondary N) is 2. The van der Waals surface area contributed by atoms with Gasteiger partial charge in [-0.25, -0.2) is 4.98 Å². The second-order valence-corrected chi connectivity index (χ2v) is 5.82. The number of fused-ring (bicyclic) bond motifs is 1. The quantitative estimate of drug-likeness (QED) is 0.748. The molecule has 0 aliphatic carbocycles. The number of aromatic nitrogens is 2. The highest BCUT2D eigenvalue weighted by atomic mass is 19.4. The van der Waals surface area contributed by atoms with Crippen molar-refractivity contribution in [3.05, 3.63) is 65.2 Å². The van der Waals surface area contributed by atoms with Crippen molar-refractivity contribution in [1.29, 1.82) is 0 Å². The Bertz CT molecular complexity index is 852. The lowest BCUT2D eigenvalue weighted by Crippen LogP contribution is -2.23. The number of aromatic amines is 1. The third-order valence-corrected chi connectivity index (χ3v) is 4.17. The van der Waals surface area contributed by atoms with E-state index in [1.54, 1.807) is 19.1 Å². The lowest BCUT2D eigenvalue weighted by atomic mass is 9.91. The molecule has 24 heavy (non-hydrogen) atoms. The van der Waals surface area contributed by atoms with Gasteiger partial charge >= 0.3 is 6.18 Å². The maximum absolute atomic E-state index is 13.7. The third kappa shape index (κ3) is 3.01. The minimum absolute atomic E-state index is 0.0212. The van der Waals surface area contributed by atoms with E-state index >= 15 is 0 Å². The fourth-order valence-corrected chi connectivity index (χ4v) is 3.04. The molecule has 6 heteroatoms. The Hall–Kier alpha value is -2.34. The van der Waals surface area contributed by atoms with Crippen LogP contribution >= 0.6 is 0 Å². The van der Waals surface area contributed by atoms with Crippen molar-refractivity contribution in [2.45, 2.75) is 25.6 Å². The van der Waals surface area contributed by atoms with Gasteiger partial charge in [0.1, 0.15) is 5.92 Å². The summed E-state index contributed by atoms with van der Waals surface area (Å²) < 4.78 is 41.2. The summed E-state index contributed by atoms with van der Waals surface area (Å²) in [5.74, 6) is -1.74. The van der Waals surface area contributed by atoms with Crippen LogP contribution in [-0.2, 0) is 6.54 Å². The fourth-order valence-electron chi connectivity index (χ4n) is 3.04. The van der Waals surface area contributed by atoms with Gasteiger partial charge in [0.15, 0.2) is 0 Å². The molecule has 0 bridgehead atoms. The number of halogens is 3. The number of benzene rings is 2. The molecule has 3 aromatic rings. The van der Waals surface area contributed by atoms with Crippen molar-refractivity contribution in [3.63, 3.8) is 0 Å². The first-order valence-electron chi connectivity index (χ1n) is 7.64. The number of hydrogen-bond donors (Lipinski definition) is 2. The second kappa shape index (κ2) is 6.28. The first kappa shape index (κ1) is 16.5. The molecular formula is C18H18F3N3. The lowest BCUT2D eigenvalue weighted by Gasteiger charge is -2.21. The molecule has 0 radical (unpaired) electrons. The Kier molecular flexibility index (Phi) is 4.32. The smallest absolute Gasteiger partial charge is 0.348 e. The van der Waals surface area contributed by atoms with E-state index in [-0.39, 0.29) is 11.3 Å². The standard InChI is InChI=1S/C18H18F3N3/c1-11-17(24-10-23-11)16(18(19,20)21)13-7-6-12-4-3-5-14(9-22-2)15(12)8-13/h3-8,10,16,22H,9H2,1-2H3,(H,23,24). The average Bonchev–Trinajstić information content (AvgIpc) is 2.93. The van der Waals surface area contributed by atoms with Crippen LogP contribution in [0.2, 0.25) is 0 Å². The first-order valence-corrected chi connectivity index (χ1v) is 7.64. The van der Waals surface area contributed by atoms with E-state index in [0.29, 0.717) is 12.2 Å². The summed E-state index contributed by atoms with van der Waals surface area (Å²) in [6.07, 6.45) is -3.11. The first-order chi connectivity index (χ1) is 11.4. The third-order valence-electron chi connectivity index (χ3n) is 4.17. The minimum atomic E-state index is -4.41. The van der Waals surface area contributed by atoms with Gasteiger partial charge in [-0.15, -0.1) is 0 Å². The van der Waals surface area contributed by atoms with E-state index in [4.69, 9.17) is 0 Å². The zero-order valence-electron chi connectivity index (χ0n) is 13.4. The largest absolute Gasteiger partial charge is 0.401 e. The van der Waals surface area contributed by atoms with Crippen LogP contribution in [0.5, 0.6) is 0 Å². The Morgan fingerprint density at radius 2 is 2.00 bits per heavy atom. The summed E-state index contributed by atoms with van der Waals surface area (Å²) in [5, 5.41) is 4.80. The van der Waals surface area contributed by atoms with Crippen molar-refractivity contribution in [1.82, 2.24) is 15.3 Å². The number of nitrogens with zero attached hydrogens (tertiary/aromatic N) is 1. The molecule has 1 atom stereocenters. The summed E-state index contributed by atoms with van der Waals surface area (Å²) in [7, 11) is 1.81. The van der Waals surface area contributed by atoms with Gasteiger partial charge in [0.25, 0.3) is 0 Å². The molecule has 2 N–H and O–H groups in total. The van der Waals surface area contributed by atoms with Gasteiger partial charge in [-0.3, -0.25) is 0 Å². The van der Waals surface area contributed by atoms with Crippen LogP contribution in [-0.4, -0.2) is 23.2 Å². The maximum Gasteiger partial charge on any atom is 0.401 e. The molecule has 0 spiro atoms. The van der Waals surface area contributed by atoms with Crippen molar-refractivity contribution in [3.8, 4) is 0 Å². The van der Waals surface area contributed by atoms with Crippen molar-refractivity contribution in [2.75, 3.05) is 7.05 Å². The van der Waals surface area contributed by atoms with E-state index in [2.05, 4.69) is 15.3 Å². The predicted octanol–water partition coefficient (Wildman–Crippen LogP) is 4.28. The molecular weight excluding hydrogens is 315 g/mol. The van der Waals surface area contributed by atoms with E-state index in [1.165, 1.54) is 12.4 Å². The molecule has 0 saturated carbocycles. The molecule has 3 nitrogen and oxygen atoms in total.